The second-order valence-electron chi connectivity index (χ2n) is 5.56. The van der Waals surface area contributed by atoms with Crippen molar-refractivity contribution in [3.63, 3.8) is 0 Å². The van der Waals surface area contributed by atoms with Crippen LogP contribution in [0.3, 0.4) is 0 Å². The summed E-state index contributed by atoms with van der Waals surface area (Å²) in [6.45, 7) is 6.25. The van der Waals surface area contributed by atoms with Crippen LogP contribution in [-0.2, 0) is 5.41 Å². The molecule has 3 rings (SSSR count). The van der Waals surface area contributed by atoms with Gasteiger partial charge in [0, 0.05) is 29.6 Å². The molecule has 6 nitrogen and oxygen atoms in total. The first-order chi connectivity index (χ1) is 8.97. The van der Waals surface area contributed by atoms with E-state index in [1.54, 1.807) is 18.5 Å². The summed E-state index contributed by atoms with van der Waals surface area (Å²) in [7, 11) is 0. The Labute approximate surface area is 109 Å². The Bertz CT molecular complexity index is 774. The monoisotopic (exact) mass is 257 g/mol. The zero-order chi connectivity index (χ0) is 13.6. The summed E-state index contributed by atoms with van der Waals surface area (Å²) < 4.78 is 1.47. The molecule has 0 bridgehead atoms. The van der Waals surface area contributed by atoms with Crippen LogP contribution in [0.15, 0.2) is 29.3 Å². The van der Waals surface area contributed by atoms with Crippen LogP contribution in [0, 0.1) is 0 Å². The number of rotatable bonds is 1. The van der Waals surface area contributed by atoms with Crippen molar-refractivity contribution in [2.75, 3.05) is 0 Å². The Hall–Kier alpha value is -2.37. The number of nitrogens with zero attached hydrogens (tertiary/aromatic N) is 3. The number of H-pyrrole nitrogens is 2. The standard InChI is InChI=1S/C13H15N5O/c1-13(2,3)10-6-11-14-7-8(9-4-5-15-16-9)12(19)18(11)17-10/h4-7,17H,1-3H3,(H,15,16). The molecule has 0 aliphatic heterocycles. The van der Waals surface area contributed by atoms with E-state index in [1.807, 2.05) is 6.07 Å². The van der Waals surface area contributed by atoms with Gasteiger partial charge in [-0.2, -0.15) is 5.10 Å². The number of aromatic amines is 2. The summed E-state index contributed by atoms with van der Waals surface area (Å²) in [5, 5.41) is 9.75. The average molecular weight is 257 g/mol. The molecule has 3 aromatic heterocycles. The second kappa shape index (κ2) is 3.81. The van der Waals surface area contributed by atoms with E-state index < -0.39 is 0 Å². The molecule has 19 heavy (non-hydrogen) atoms. The smallest absolute Gasteiger partial charge is 0.282 e. The molecule has 6 heteroatoms. The van der Waals surface area contributed by atoms with Gasteiger partial charge in [0.05, 0.1) is 11.3 Å². The maximum atomic E-state index is 12.4. The predicted molar refractivity (Wildman–Crippen MR) is 72.1 cm³/mol. The first kappa shape index (κ1) is 11.7. The Balaban J connectivity index is 2.26. The summed E-state index contributed by atoms with van der Waals surface area (Å²) in [4.78, 5) is 16.7. The Kier molecular flexibility index (Phi) is 2.35. The summed E-state index contributed by atoms with van der Waals surface area (Å²) in [5.41, 5.74) is 2.56. The van der Waals surface area contributed by atoms with Crippen molar-refractivity contribution in [3.8, 4) is 11.3 Å². The SMILES string of the molecule is CC(C)(C)c1cc2ncc(-c3ccn[nH]3)c(=O)n2[nH]1. The summed E-state index contributed by atoms with van der Waals surface area (Å²) in [6.07, 6.45) is 3.18. The van der Waals surface area contributed by atoms with Gasteiger partial charge in [-0.1, -0.05) is 20.8 Å². The lowest BCUT2D eigenvalue weighted by molar-refractivity contribution is 0.561. The summed E-state index contributed by atoms with van der Waals surface area (Å²) >= 11 is 0. The molecule has 2 N–H and O–H groups in total. The van der Waals surface area contributed by atoms with Crippen LogP contribution < -0.4 is 5.56 Å². The topological polar surface area (TPSA) is 78.8 Å². The maximum absolute atomic E-state index is 12.4. The van der Waals surface area contributed by atoms with E-state index >= 15 is 0 Å². The number of nitrogens with one attached hydrogen (secondary N) is 2. The fourth-order valence-corrected chi connectivity index (χ4v) is 1.93. The Morgan fingerprint density at radius 3 is 2.74 bits per heavy atom. The molecule has 0 unspecified atom stereocenters. The first-order valence-corrected chi connectivity index (χ1v) is 6.08. The van der Waals surface area contributed by atoms with E-state index in [0.29, 0.717) is 16.9 Å². The zero-order valence-electron chi connectivity index (χ0n) is 11.1. The molecule has 0 amide bonds. The van der Waals surface area contributed by atoms with Gasteiger partial charge >= 0.3 is 0 Å². The lowest BCUT2D eigenvalue weighted by Crippen LogP contribution is -2.18. The summed E-state index contributed by atoms with van der Waals surface area (Å²) in [5.74, 6) is 0. The van der Waals surface area contributed by atoms with Gasteiger partial charge in [0.1, 0.15) is 0 Å². The molecule has 0 aliphatic rings. The van der Waals surface area contributed by atoms with Gasteiger partial charge in [-0.05, 0) is 6.07 Å². The summed E-state index contributed by atoms with van der Waals surface area (Å²) in [6, 6.07) is 3.65. The Morgan fingerprint density at radius 1 is 1.32 bits per heavy atom. The lowest BCUT2D eigenvalue weighted by atomic mass is 9.93. The van der Waals surface area contributed by atoms with Crippen LogP contribution in [-0.4, -0.2) is 24.8 Å². The molecule has 0 aliphatic carbocycles. The van der Waals surface area contributed by atoms with E-state index in [4.69, 9.17) is 0 Å². The van der Waals surface area contributed by atoms with E-state index in [1.165, 1.54) is 4.52 Å². The molecule has 0 saturated carbocycles. The normalized spacial score (nSPS) is 12.2. The van der Waals surface area contributed by atoms with Gasteiger partial charge in [0.2, 0.25) is 0 Å². The Morgan fingerprint density at radius 2 is 2.11 bits per heavy atom. The van der Waals surface area contributed by atoms with Crippen LogP contribution in [0.4, 0.5) is 0 Å². The van der Waals surface area contributed by atoms with Crippen LogP contribution in [0.25, 0.3) is 16.9 Å². The largest absolute Gasteiger partial charge is 0.293 e. The predicted octanol–water partition coefficient (Wildman–Crippen LogP) is 1.71. The van der Waals surface area contributed by atoms with Gasteiger partial charge in [-0.15, -0.1) is 0 Å². The third kappa shape index (κ3) is 1.85. The van der Waals surface area contributed by atoms with Crippen LogP contribution in [0.5, 0.6) is 0 Å². The fraction of sp³-hybridized carbons (Fsp3) is 0.308. The molecule has 98 valence electrons. The van der Waals surface area contributed by atoms with Crippen LogP contribution >= 0.6 is 0 Å². The third-order valence-electron chi connectivity index (χ3n) is 3.09. The number of hydrogen-bond acceptors (Lipinski definition) is 3. The highest BCUT2D eigenvalue weighted by Crippen LogP contribution is 2.21. The molecule has 0 fully saturated rings. The molecule has 0 atom stereocenters. The minimum atomic E-state index is -0.134. The maximum Gasteiger partial charge on any atom is 0.282 e. The third-order valence-corrected chi connectivity index (χ3v) is 3.09. The minimum Gasteiger partial charge on any atom is -0.293 e. The van der Waals surface area contributed by atoms with Crippen molar-refractivity contribution >= 4 is 5.65 Å². The molecule has 0 aromatic carbocycles. The minimum absolute atomic E-state index is 0.0612. The van der Waals surface area contributed by atoms with Crippen molar-refractivity contribution in [1.29, 1.82) is 0 Å². The van der Waals surface area contributed by atoms with Gasteiger partial charge in [-0.3, -0.25) is 15.0 Å². The van der Waals surface area contributed by atoms with Crippen molar-refractivity contribution in [2.24, 2.45) is 0 Å². The van der Waals surface area contributed by atoms with Gasteiger partial charge in [0.25, 0.3) is 5.56 Å². The molecular formula is C13H15N5O. The van der Waals surface area contributed by atoms with Crippen LogP contribution in [0.1, 0.15) is 26.5 Å². The fourth-order valence-electron chi connectivity index (χ4n) is 1.93. The number of hydrogen-bond donors (Lipinski definition) is 2. The molecule has 3 aromatic rings. The lowest BCUT2D eigenvalue weighted by Gasteiger charge is -2.14. The highest BCUT2D eigenvalue weighted by Gasteiger charge is 2.18. The van der Waals surface area contributed by atoms with E-state index in [0.717, 1.165) is 5.69 Å². The molecule has 3 heterocycles. The molecular weight excluding hydrogens is 242 g/mol. The van der Waals surface area contributed by atoms with Crippen molar-refractivity contribution in [1.82, 2.24) is 24.8 Å². The first-order valence-electron chi connectivity index (χ1n) is 6.08. The van der Waals surface area contributed by atoms with Crippen molar-refractivity contribution in [2.45, 2.75) is 26.2 Å². The van der Waals surface area contributed by atoms with Gasteiger partial charge < -0.3 is 0 Å². The van der Waals surface area contributed by atoms with Crippen LogP contribution in [0.2, 0.25) is 0 Å². The van der Waals surface area contributed by atoms with E-state index in [-0.39, 0.29) is 11.0 Å². The zero-order valence-corrected chi connectivity index (χ0v) is 11.1. The highest BCUT2D eigenvalue weighted by atomic mass is 16.1. The molecule has 0 saturated heterocycles. The highest BCUT2D eigenvalue weighted by molar-refractivity contribution is 5.58. The van der Waals surface area contributed by atoms with E-state index in [2.05, 4.69) is 41.1 Å². The average Bonchev–Trinajstić information content (AvgIpc) is 2.96. The van der Waals surface area contributed by atoms with Crippen molar-refractivity contribution < 1.29 is 0 Å². The van der Waals surface area contributed by atoms with Gasteiger partial charge in [-0.25, -0.2) is 9.50 Å². The van der Waals surface area contributed by atoms with Crippen molar-refractivity contribution in [3.05, 3.63) is 40.6 Å². The second-order valence-corrected chi connectivity index (χ2v) is 5.56. The molecule has 0 spiro atoms. The van der Waals surface area contributed by atoms with Gasteiger partial charge in [0.15, 0.2) is 5.65 Å². The number of aromatic nitrogens is 5. The molecule has 0 radical (unpaired) electrons. The van der Waals surface area contributed by atoms with E-state index in [9.17, 15) is 4.79 Å². The quantitative estimate of drug-likeness (QED) is 0.696. The number of fused-ring (bicyclic) bond motifs is 1.